The predicted molar refractivity (Wildman–Crippen MR) is 92.5 cm³/mol. The fourth-order valence-electron chi connectivity index (χ4n) is 3.25. The Balaban J connectivity index is 2.01. The van der Waals surface area contributed by atoms with E-state index < -0.39 is 0 Å². The summed E-state index contributed by atoms with van der Waals surface area (Å²) in [5.74, 6) is 1.22. The monoisotopic (exact) mass is 324 g/mol. The first-order valence-electron chi connectivity index (χ1n) is 8.24. The van der Waals surface area contributed by atoms with Gasteiger partial charge >= 0.3 is 144 Å². The normalized spacial score (nSPS) is 16.4. The summed E-state index contributed by atoms with van der Waals surface area (Å²) in [6.45, 7) is 9.31. The van der Waals surface area contributed by atoms with Crippen LogP contribution in [0.15, 0.2) is 48.5 Å². The summed E-state index contributed by atoms with van der Waals surface area (Å²) in [7, 11) is 0. The minimum absolute atomic E-state index is 0.224. The first-order chi connectivity index (χ1) is 10.6. The molecule has 1 unspecified atom stereocenters. The van der Waals surface area contributed by atoms with Gasteiger partial charge in [0.25, 0.3) is 0 Å². The van der Waals surface area contributed by atoms with E-state index in [0.29, 0.717) is 16.1 Å². The average molecular weight is 324 g/mol. The summed E-state index contributed by atoms with van der Waals surface area (Å²) in [5.41, 5.74) is 6.10. The summed E-state index contributed by atoms with van der Waals surface area (Å²) in [5, 5.41) is 0. The van der Waals surface area contributed by atoms with Crippen molar-refractivity contribution in [3.63, 3.8) is 0 Å². The number of benzene rings is 2. The van der Waals surface area contributed by atoms with Crippen molar-refractivity contribution in [3.8, 4) is 0 Å². The minimum atomic E-state index is -0.224. The van der Waals surface area contributed by atoms with Crippen molar-refractivity contribution in [2.75, 3.05) is 0 Å². The van der Waals surface area contributed by atoms with Crippen molar-refractivity contribution in [3.05, 3.63) is 70.8 Å². The topological polar surface area (TPSA) is 0 Å². The Morgan fingerprint density at radius 2 is 1.45 bits per heavy atom. The molecule has 0 aliphatic heterocycles. The van der Waals surface area contributed by atoms with Gasteiger partial charge in [-0.05, 0) is 0 Å². The molecule has 0 spiro atoms. The van der Waals surface area contributed by atoms with E-state index in [1.165, 1.54) is 11.1 Å². The third-order valence-corrected chi connectivity index (χ3v) is 7.10. The maximum atomic E-state index is 2.44. The van der Waals surface area contributed by atoms with Crippen molar-refractivity contribution in [2.24, 2.45) is 0 Å². The quantitative estimate of drug-likeness (QED) is 0.660. The molecule has 1 atom stereocenters. The van der Waals surface area contributed by atoms with Crippen molar-refractivity contribution < 1.29 is 19.2 Å². The number of fused-ring (bicyclic) bond motifs is 1. The Bertz CT molecular complexity index is 669. The Kier molecular flexibility index (Phi) is 4.71. The molecule has 0 radical (unpaired) electrons. The van der Waals surface area contributed by atoms with E-state index in [-0.39, 0.29) is 19.2 Å². The molecule has 1 aliphatic rings. The molecular weight excluding hydrogens is 300 g/mol. The molecule has 22 heavy (non-hydrogen) atoms. The average Bonchev–Trinajstić information content (AvgIpc) is 2.90. The fourth-order valence-corrected chi connectivity index (χ4v) is 6.37. The van der Waals surface area contributed by atoms with Crippen molar-refractivity contribution in [2.45, 2.75) is 43.8 Å². The van der Waals surface area contributed by atoms with Gasteiger partial charge in [0.15, 0.2) is 0 Å². The third kappa shape index (κ3) is 3.00. The molecule has 0 nitrogen and oxygen atoms in total. The molecule has 0 amide bonds. The molecule has 112 valence electrons. The third-order valence-electron chi connectivity index (χ3n) is 4.47. The van der Waals surface area contributed by atoms with Crippen LogP contribution in [-0.4, -0.2) is 0 Å². The van der Waals surface area contributed by atoms with Gasteiger partial charge in [0.2, 0.25) is 0 Å². The van der Waals surface area contributed by atoms with Crippen LogP contribution in [0.5, 0.6) is 0 Å². The standard InChI is InChI=1S/C12H17.C9H7.Ti/c1-9(2)11-6-5-7-12(8-11)10(3)4;1-2-5-9-7-3-6-8(9)4-1;/h5-7,9-10H,1-4H3;1-7H;. The second-order valence-electron chi connectivity index (χ2n) is 6.73. The summed E-state index contributed by atoms with van der Waals surface area (Å²) >= 11 is -0.224. The van der Waals surface area contributed by atoms with Gasteiger partial charge in [0.05, 0.1) is 0 Å². The molecule has 0 bridgehead atoms. The van der Waals surface area contributed by atoms with Gasteiger partial charge in [-0.3, -0.25) is 0 Å². The number of allylic oxidation sites excluding steroid dienone is 1. The molecule has 0 N–H and O–H groups in total. The van der Waals surface area contributed by atoms with Crippen LogP contribution in [0, 0.1) is 0 Å². The van der Waals surface area contributed by atoms with Crippen molar-refractivity contribution in [1.82, 2.24) is 0 Å². The predicted octanol–water partition coefficient (Wildman–Crippen LogP) is 5.41. The summed E-state index contributed by atoms with van der Waals surface area (Å²) in [4.78, 5) is 0. The molecule has 0 fully saturated rings. The van der Waals surface area contributed by atoms with Crippen LogP contribution in [-0.2, 0) is 19.2 Å². The van der Waals surface area contributed by atoms with Gasteiger partial charge in [-0.25, -0.2) is 0 Å². The second kappa shape index (κ2) is 6.56. The van der Waals surface area contributed by atoms with E-state index >= 15 is 0 Å². The van der Waals surface area contributed by atoms with Crippen molar-refractivity contribution >= 4 is 9.94 Å². The SMILES string of the molecule is CC(C)c1cccc(C(C)C)[c]1[Ti][CH]1C=Cc2ccccc21. The summed E-state index contributed by atoms with van der Waals surface area (Å²) in [6, 6.07) is 15.8. The Hall–Kier alpha value is -1.11. The van der Waals surface area contributed by atoms with Gasteiger partial charge in [-0.1, -0.05) is 0 Å². The molecule has 2 aromatic carbocycles. The van der Waals surface area contributed by atoms with Gasteiger partial charge in [-0.15, -0.1) is 0 Å². The molecular formula is C21H24Ti. The van der Waals surface area contributed by atoms with Gasteiger partial charge < -0.3 is 0 Å². The molecule has 0 saturated carbocycles. The van der Waals surface area contributed by atoms with E-state index in [0.717, 1.165) is 0 Å². The van der Waals surface area contributed by atoms with Gasteiger partial charge in [0.1, 0.15) is 0 Å². The molecule has 3 rings (SSSR count). The molecule has 0 heterocycles. The van der Waals surface area contributed by atoms with E-state index in [9.17, 15) is 0 Å². The number of rotatable bonds is 4. The van der Waals surface area contributed by atoms with Crippen LogP contribution in [0.2, 0.25) is 0 Å². The fraction of sp³-hybridized carbons (Fsp3) is 0.333. The van der Waals surface area contributed by atoms with Gasteiger partial charge in [0, 0.05) is 0 Å². The Labute approximate surface area is 143 Å². The van der Waals surface area contributed by atoms with Crippen LogP contribution in [0.4, 0.5) is 0 Å². The van der Waals surface area contributed by atoms with Crippen LogP contribution in [0.3, 0.4) is 0 Å². The molecule has 1 heteroatoms. The van der Waals surface area contributed by atoms with Crippen LogP contribution >= 0.6 is 0 Å². The molecule has 0 saturated heterocycles. The van der Waals surface area contributed by atoms with E-state index in [1.807, 2.05) is 0 Å². The zero-order valence-corrected chi connectivity index (χ0v) is 15.5. The van der Waals surface area contributed by atoms with Crippen LogP contribution in [0.1, 0.15) is 66.0 Å². The number of hydrogen-bond donors (Lipinski definition) is 0. The number of hydrogen-bond acceptors (Lipinski definition) is 0. The first kappa shape index (κ1) is 15.8. The molecule has 2 aromatic rings. The Morgan fingerprint density at radius 3 is 2.09 bits per heavy atom. The summed E-state index contributed by atoms with van der Waals surface area (Å²) in [6.07, 6.45) is 4.75. The van der Waals surface area contributed by atoms with Gasteiger partial charge in [-0.2, -0.15) is 0 Å². The second-order valence-corrected chi connectivity index (χ2v) is 8.93. The maximum absolute atomic E-state index is 2.44. The van der Waals surface area contributed by atoms with Crippen LogP contribution in [0.25, 0.3) is 6.08 Å². The van der Waals surface area contributed by atoms with Crippen molar-refractivity contribution in [1.29, 1.82) is 0 Å². The van der Waals surface area contributed by atoms with Crippen LogP contribution < -0.4 is 3.87 Å². The first-order valence-corrected chi connectivity index (χ1v) is 9.92. The molecule has 1 aliphatic carbocycles. The Morgan fingerprint density at radius 1 is 0.818 bits per heavy atom. The van der Waals surface area contributed by atoms with E-state index in [1.54, 1.807) is 15.0 Å². The molecule has 0 aromatic heterocycles. The van der Waals surface area contributed by atoms with E-state index in [4.69, 9.17) is 0 Å². The van der Waals surface area contributed by atoms with E-state index in [2.05, 4.69) is 82.3 Å². The summed E-state index contributed by atoms with van der Waals surface area (Å²) < 4.78 is 2.34. The zero-order valence-electron chi connectivity index (χ0n) is 13.9. The zero-order chi connectivity index (χ0) is 15.7.